The van der Waals surface area contributed by atoms with Gasteiger partial charge in [-0.2, -0.15) is 0 Å². The molecule has 2 aromatic carbocycles. The largest absolute Gasteiger partial charge is 0.496 e. The lowest BCUT2D eigenvalue weighted by atomic mass is 10.1. The Morgan fingerprint density at radius 3 is 2.31 bits per heavy atom. The number of carbonyl (C=O) groups excluding carboxylic acids is 2. The minimum Gasteiger partial charge on any atom is -0.496 e. The maximum atomic E-state index is 12.5. The molecule has 0 saturated heterocycles. The van der Waals surface area contributed by atoms with E-state index in [1.165, 1.54) is 12.0 Å². The summed E-state index contributed by atoms with van der Waals surface area (Å²) in [6.07, 6.45) is 0.976. The van der Waals surface area contributed by atoms with Gasteiger partial charge in [0.25, 0.3) is 5.91 Å². The molecule has 36 heavy (non-hydrogen) atoms. The van der Waals surface area contributed by atoms with Crippen molar-refractivity contribution < 1.29 is 29.0 Å². The van der Waals surface area contributed by atoms with E-state index in [9.17, 15) is 14.8 Å². The molecule has 12 heteroatoms. The van der Waals surface area contributed by atoms with E-state index in [1.807, 2.05) is 18.2 Å². The lowest BCUT2D eigenvalue weighted by Crippen LogP contribution is -2.33. The van der Waals surface area contributed by atoms with Crippen LogP contribution in [0.15, 0.2) is 48.9 Å². The smallest absolute Gasteiger partial charge is 0.409 e. The summed E-state index contributed by atoms with van der Waals surface area (Å²) >= 11 is 10.5. The SMILES string of the molecule is COC(=O)N(C)CCCOc1c(Br)cc(CCNC(=O)C(Cc2ccc(OC)c(Br)c2)=NO)cc1Br. The molecule has 0 atom stereocenters. The van der Waals surface area contributed by atoms with Gasteiger partial charge in [-0.3, -0.25) is 4.79 Å². The van der Waals surface area contributed by atoms with Crippen LogP contribution >= 0.6 is 47.8 Å². The van der Waals surface area contributed by atoms with Crippen LogP contribution in [-0.2, 0) is 22.4 Å². The van der Waals surface area contributed by atoms with Gasteiger partial charge in [0.2, 0.25) is 0 Å². The predicted octanol–water partition coefficient (Wildman–Crippen LogP) is 5.18. The molecular formula is C24H28Br3N3O6. The molecule has 196 valence electrons. The van der Waals surface area contributed by atoms with Crippen molar-refractivity contribution in [3.8, 4) is 11.5 Å². The van der Waals surface area contributed by atoms with Crippen LogP contribution in [0.1, 0.15) is 17.5 Å². The highest BCUT2D eigenvalue weighted by Gasteiger charge is 2.15. The Labute approximate surface area is 235 Å². The first-order valence-electron chi connectivity index (χ1n) is 10.9. The van der Waals surface area contributed by atoms with Crippen molar-refractivity contribution in [3.05, 3.63) is 54.9 Å². The zero-order valence-electron chi connectivity index (χ0n) is 20.1. The monoisotopic (exact) mass is 691 g/mol. The van der Waals surface area contributed by atoms with Crippen LogP contribution in [0.2, 0.25) is 0 Å². The van der Waals surface area contributed by atoms with E-state index in [0.717, 1.165) is 24.5 Å². The second kappa shape index (κ2) is 15.1. The highest BCUT2D eigenvalue weighted by Crippen LogP contribution is 2.35. The number of hydrogen-bond donors (Lipinski definition) is 2. The zero-order valence-corrected chi connectivity index (χ0v) is 24.9. The molecule has 0 bridgehead atoms. The van der Waals surface area contributed by atoms with Crippen LogP contribution in [0.5, 0.6) is 11.5 Å². The van der Waals surface area contributed by atoms with Crippen LogP contribution in [0.25, 0.3) is 0 Å². The van der Waals surface area contributed by atoms with Crippen molar-refractivity contribution in [2.24, 2.45) is 5.16 Å². The van der Waals surface area contributed by atoms with Crippen LogP contribution < -0.4 is 14.8 Å². The van der Waals surface area contributed by atoms with E-state index < -0.39 is 5.91 Å². The summed E-state index contributed by atoms with van der Waals surface area (Å²) in [7, 11) is 4.58. The van der Waals surface area contributed by atoms with Crippen molar-refractivity contribution in [3.63, 3.8) is 0 Å². The van der Waals surface area contributed by atoms with Gasteiger partial charge < -0.3 is 29.6 Å². The summed E-state index contributed by atoms with van der Waals surface area (Å²) in [4.78, 5) is 25.4. The van der Waals surface area contributed by atoms with Gasteiger partial charge in [0.15, 0.2) is 0 Å². The minimum atomic E-state index is -0.445. The fourth-order valence-electron chi connectivity index (χ4n) is 3.21. The van der Waals surface area contributed by atoms with Gasteiger partial charge in [-0.1, -0.05) is 11.2 Å². The molecule has 9 nitrogen and oxygen atoms in total. The van der Waals surface area contributed by atoms with E-state index in [-0.39, 0.29) is 18.2 Å². The first-order valence-corrected chi connectivity index (χ1v) is 13.3. The third-order valence-corrected chi connectivity index (χ3v) is 6.90. The highest BCUT2D eigenvalue weighted by molar-refractivity contribution is 9.11. The van der Waals surface area contributed by atoms with Gasteiger partial charge in [-0.25, -0.2) is 4.79 Å². The van der Waals surface area contributed by atoms with Crippen LogP contribution in [-0.4, -0.2) is 68.8 Å². The number of nitrogens with one attached hydrogen (secondary N) is 1. The van der Waals surface area contributed by atoms with E-state index >= 15 is 0 Å². The maximum absolute atomic E-state index is 12.5. The van der Waals surface area contributed by atoms with Crippen molar-refractivity contribution in [1.82, 2.24) is 10.2 Å². The number of amides is 2. The number of oxime groups is 1. The fraction of sp³-hybridized carbons (Fsp3) is 0.375. The van der Waals surface area contributed by atoms with E-state index in [0.29, 0.717) is 44.0 Å². The number of methoxy groups -OCH3 is 2. The Balaban J connectivity index is 1.86. The predicted molar refractivity (Wildman–Crippen MR) is 147 cm³/mol. The molecule has 0 aromatic heterocycles. The van der Waals surface area contributed by atoms with Gasteiger partial charge >= 0.3 is 6.09 Å². The summed E-state index contributed by atoms with van der Waals surface area (Å²) in [5.41, 5.74) is 1.77. The third-order valence-electron chi connectivity index (χ3n) is 5.10. The lowest BCUT2D eigenvalue weighted by Gasteiger charge is -2.16. The van der Waals surface area contributed by atoms with Gasteiger partial charge in [-0.15, -0.1) is 0 Å². The molecule has 0 radical (unpaired) electrons. The summed E-state index contributed by atoms with van der Waals surface area (Å²) in [5, 5.41) is 15.3. The molecule has 0 aliphatic heterocycles. The first kappa shape index (κ1) is 29.9. The summed E-state index contributed by atoms with van der Waals surface area (Å²) in [5.74, 6) is 0.883. The molecule has 2 N–H and O–H groups in total. The fourth-order valence-corrected chi connectivity index (χ4v) is 5.31. The van der Waals surface area contributed by atoms with Crippen LogP contribution in [0, 0.1) is 0 Å². The van der Waals surface area contributed by atoms with E-state index in [4.69, 9.17) is 9.47 Å². The number of ether oxygens (including phenoxy) is 3. The zero-order chi connectivity index (χ0) is 26.7. The second-order valence-corrected chi connectivity index (χ2v) is 10.2. The Morgan fingerprint density at radius 1 is 1.06 bits per heavy atom. The molecule has 0 aliphatic carbocycles. The molecule has 0 aliphatic rings. The number of nitrogens with zero attached hydrogens (tertiary/aromatic N) is 2. The van der Waals surface area contributed by atoms with Crippen molar-refractivity contribution in [2.45, 2.75) is 19.3 Å². The normalized spacial score (nSPS) is 11.1. The van der Waals surface area contributed by atoms with Crippen molar-refractivity contribution in [2.75, 3.05) is 41.0 Å². The van der Waals surface area contributed by atoms with Crippen molar-refractivity contribution >= 4 is 65.5 Å². The Morgan fingerprint density at radius 2 is 1.72 bits per heavy atom. The summed E-state index contributed by atoms with van der Waals surface area (Å²) < 4.78 is 18.0. The minimum absolute atomic E-state index is 0.0102. The Kier molecular flexibility index (Phi) is 12.5. The van der Waals surface area contributed by atoms with Gasteiger partial charge in [-0.05, 0) is 96.0 Å². The number of hydrogen-bond acceptors (Lipinski definition) is 7. The van der Waals surface area contributed by atoms with Crippen LogP contribution in [0.4, 0.5) is 4.79 Å². The van der Waals surface area contributed by atoms with Gasteiger partial charge in [0.05, 0.1) is 34.2 Å². The first-order chi connectivity index (χ1) is 17.2. The average Bonchev–Trinajstić information content (AvgIpc) is 2.85. The maximum Gasteiger partial charge on any atom is 0.409 e. The molecule has 0 spiro atoms. The highest BCUT2D eigenvalue weighted by atomic mass is 79.9. The molecule has 0 saturated carbocycles. The topological polar surface area (TPSA) is 110 Å². The summed E-state index contributed by atoms with van der Waals surface area (Å²) in [6.45, 7) is 1.28. The average molecular weight is 694 g/mol. The molecule has 2 aromatic rings. The summed E-state index contributed by atoms with van der Waals surface area (Å²) in [6, 6.07) is 9.23. The van der Waals surface area contributed by atoms with E-state index in [2.05, 4.69) is 63.0 Å². The molecule has 2 amide bonds. The Hall–Kier alpha value is -2.31. The quantitative estimate of drug-likeness (QED) is 0.137. The molecule has 0 fully saturated rings. The second-order valence-electron chi connectivity index (χ2n) is 7.68. The molecule has 2 rings (SSSR count). The van der Waals surface area contributed by atoms with Gasteiger partial charge in [0, 0.05) is 26.6 Å². The number of rotatable bonds is 12. The molecule has 0 unspecified atom stereocenters. The number of benzene rings is 2. The van der Waals surface area contributed by atoms with E-state index in [1.54, 1.807) is 26.3 Å². The lowest BCUT2D eigenvalue weighted by molar-refractivity contribution is -0.115. The Bertz CT molecular complexity index is 1070. The number of halogens is 3. The van der Waals surface area contributed by atoms with Gasteiger partial charge in [0.1, 0.15) is 17.2 Å². The van der Waals surface area contributed by atoms with Crippen molar-refractivity contribution in [1.29, 1.82) is 0 Å². The third kappa shape index (κ3) is 8.97. The molecule has 0 heterocycles. The van der Waals surface area contributed by atoms with Crippen LogP contribution in [0.3, 0.4) is 0 Å². The number of carbonyl (C=O) groups is 2. The molecular weight excluding hydrogens is 666 g/mol. The standard InChI is InChI=1S/C24H28Br3N3O6/c1-30(24(32)35-3)9-4-10-36-22-18(26)12-16(13-19(22)27)7-8-28-23(31)20(29-33)14-15-5-6-21(34-2)17(25)11-15/h5-6,11-13,33H,4,7-10,14H2,1-3H3,(H,28,31).